The number of hydrogen-bond acceptors (Lipinski definition) is 4. The number of nitrogens with one attached hydrogen (secondary N) is 1. The van der Waals surface area contributed by atoms with Crippen LogP contribution in [0.1, 0.15) is 71.3 Å². The van der Waals surface area contributed by atoms with Crippen LogP contribution >= 0.6 is 0 Å². The van der Waals surface area contributed by atoms with Gasteiger partial charge in [-0.2, -0.15) is 0 Å². The minimum absolute atomic E-state index is 0.275. The van der Waals surface area contributed by atoms with Crippen molar-refractivity contribution in [2.45, 2.75) is 46.3 Å². The first kappa shape index (κ1) is 51.1. The van der Waals surface area contributed by atoms with Gasteiger partial charge >= 0.3 is 0 Å². The minimum atomic E-state index is -0.275. The molecule has 1 unspecified atom stereocenters. The maximum atomic E-state index is 6.96. The largest absolute Gasteiger partial charge is 0.398 e. The maximum absolute atomic E-state index is 6.96. The number of hydrogen-bond donors (Lipinski definition) is 4. The first-order valence-corrected chi connectivity index (χ1v) is 26.0. The lowest BCUT2D eigenvalue weighted by Crippen LogP contribution is -2.15. The number of para-hydroxylation sites is 2. The molecular formula is C71H66N4. The Morgan fingerprint density at radius 2 is 1.12 bits per heavy atom. The normalized spacial score (nSPS) is 11.9. The fourth-order valence-electron chi connectivity index (χ4n) is 9.65. The molecule has 11 rings (SSSR count). The molecule has 370 valence electrons. The Morgan fingerprint density at radius 3 is 1.92 bits per heavy atom. The first-order valence-electron chi connectivity index (χ1n) is 26.0. The molecule has 75 heavy (non-hydrogen) atoms. The van der Waals surface area contributed by atoms with Crippen LogP contribution < -0.4 is 22.5 Å². The van der Waals surface area contributed by atoms with E-state index in [1.54, 1.807) is 0 Å². The second-order valence-corrected chi connectivity index (χ2v) is 18.9. The van der Waals surface area contributed by atoms with Gasteiger partial charge in [-0.15, -0.1) is 0 Å². The van der Waals surface area contributed by atoms with E-state index in [9.17, 15) is 0 Å². The molecule has 0 spiro atoms. The Hall–Kier alpha value is -8.80. The van der Waals surface area contributed by atoms with Gasteiger partial charge in [0.2, 0.25) is 0 Å². The summed E-state index contributed by atoms with van der Waals surface area (Å²) in [6.45, 7) is 7.31. The van der Waals surface area contributed by atoms with E-state index in [0.29, 0.717) is 13.1 Å². The summed E-state index contributed by atoms with van der Waals surface area (Å²) in [5, 5.41) is 13.7. The topological polar surface area (TPSA) is 90.1 Å². The van der Waals surface area contributed by atoms with Crippen LogP contribution in [0.25, 0.3) is 65.9 Å². The zero-order chi connectivity index (χ0) is 51.9. The fourth-order valence-corrected chi connectivity index (χ4v) is 9.65. The smallest absolute Gasteiger partial charge is 0.0572 e. The van der Waals surface area contributed by atoms with Crippen LogP contribution in [0.4, 0.5) is 11.4 Å². The predicted octanol–water partition coefficient (Wildman–Crippen LogP) is 17.6. The van der Waals surface area contributed by atoms with Crippen molar-refractivity contribution in [2.75, 3.05) is 11.1 Å². The number of benzene rings is 11. The fraction of sp³-hybridized carbons (Fsp3) is 0.0986. The van der Waals surface area contributed by atoms with Gasteiger partial charge in [-0.25, -0.2) is 0 Å². The van der Waals surface area contributed by atoms with Crippen molar-refractivity contribution < 1.29 is 0 Å². The summed E-state index contributed by atoms with van der Waals surface area (Å²) in [6, 6.07) is 81.3. The van der Waals surface area contributed by atoms with Gasteiger partial charge in [-0.1, -0.05) is 212 Å². The highest BCUT2D eigenvalue weighted by molar-refractivity contribution is 6.08. The lowest BCUT2D eigenvalue weighted by molar-refractivity contribution is 0.869. The Labute approximate surface area is 443 Å². The van der Waals surface area contributed by atoms with Gasteiger partial charge < -0.3 is 22.5 Å². The predicted molar refractivity (Wildman–Crippen MR) is 326 cm³/mol. The SMILES string of the molecule is C/C=C\C.C/C=C\C(=C/c1ccc2ccccc2c1)c1cccc(C(N)c2ccccc2NCc2ccc3cc(CN)ccc3c2)c1.Nc1ccccc1Cc1cccc(-c2ccc3c(ccc4ccccc43)c2)c1. The summed E-state index contributed by atoms with van der Waals surface area (Å²) in [7, 11) is 0. The molecule has 0 aliphatic heterocycles. The molecule has 0 aliphatic rings. The second-order valence-electron chi connectivity index (χ2n) is 18.9. The van der Waals surface area contributed by atoms with Crippen LogP contribution in [0.3, 0.4) is 0 Å². The third-order valence-electron chi connectivity index (χ3n) is 13.8. The number of rotatable bonds is 12. The zero-order valence-corrected chi connectivity index (χ0v) is 43.3. The second kappa shape index (κ2) is 24.8. The number of nitrogens with two attached hydrogens (primary N) is 3. The van der Waals surface area contributed by atoms with Crippen molar-refractivity contribution >= 4 is 66.1 Å². The lowest BCUT2D eigenvalue weighted by Gasteiger charge is -2.19. The summed E-state index contributed by atoms with van der Waals surface area (Å²) in [5.41, 5.74) is 33.7. The van der Waals surface area contributed by atoms with Crippen molar-refractivity contribution in [1.29, 1.82) is 0 Å². The number of allylic oxidation sites excluding steroid dienone is 5. The van der Waals surface area contributed by atoms with Crippen molar-refractivity contribution in [3.05, 3.63) is 299 Å². The third kappa shape index (κ3) is 12.7. The van der Waals surface area contributed by atoms with Gasteiger partial charge in [-0.05, 0) is 180 Å². The van der Waals surface area contributed by atoms with Gasteiger partial charge in [0.1, 0.15) is 0 Å². The standard InChI is InChI=1S/C40H37N3.C27H21N.C4H8/c1-2-8-32(21-28-15-18-31-9-3-4-10-33(31)22-28)34-11-7-12-37(25-34)40(42)38-13-5-6-14-39(38)43-27-30-17-20-35-23-29(26-41)16-19-36(35)24-30;28-27-11-4-2-8-24(27)17-19-6-5-9-21(16-19)22-14-15-26-23(18-22)13-12-20-7-1-3-10-25(20)26;1-3-4-2/h2-25,40,43H,26-27,41-42H2,1H3;1-16,18H,17,28H2;3-4H,1-2H3/b8-2-,32-21+;;4-3-. The highest BCUT2D eigenvalue weighted by Crippen LogP contribution is 2.33. The van der Waals surface area contributed by atoms with Crippen LogP contribution in [0, 0.1) is 0 Å². The summed E-state index contributed by atoms with van der Waals surface area (Å²) >= 11 is 0. The van der Waals surface area contributed by atoms with Crippen molar-refractivity contribution in [3.63, 3.8) is 0 Å². The average molecular weight is 975 g/mol. The van der Waals surface area contributed by atoms with Gasteiger partial charge in [0.25, 0.3) is 0 Å². The molecule has 0 saturated carbocycles. The van der Waals surface area contributed by atoms with E-state index < -0.39 is 0 Å². The van der Waals surface area contributed by atoms with Crippen molar-refractivity contribution in [3.8, 4) is 11.1 Å². The number of fused-ring (bicyclic) bond motifs is 5. The molecule has 4 nitrogen and oxygen atoms in total. The van der Waals surface area contributed by atoms with Gasteiger partial charge in [0.15, 0.2) is 0 Å². The van der Waals surface area contributed by atoms with Crippen LogP contribution in [0.2, 0.25) is 0 Å². The maximum Gasteiger partial charge on any atom is 0.0572 e. The Kier molecular flexibility index (Phi) is 16.9. The quantitative estimate of drug-likeness (QED) is 0.0323. The molecule has 11 aromatic rings. The van der Waals surface area contributed by atoms with E-state index >= 15 is 0 Å². The van der Waals surface area contributed by atoms with E-state index in [0.717, 1.165) is 45.6 Å². The summed E-state index contributed by atoms with van der Waals surface area (Å²) < 4.78 is 0. The Morgan fingerprint density at radius 1 is 0.480 bits per heavy atom. The number of anilines is 2. The van der Waals surface area contributed by atoms with Crippen LogP contribution in [0.5, 0.6) is 0 Å². The molecule has 1 atom stereocenters. The van der Waals surface area contributed by atoms with Crippen LogP contribution in [-0.4, -0.2) is 0 Å². The van der Waals surface area contributed by atoms with Gasteiger partial charge in [-0.3, -0.25) is 0 Å². The van der Waals surface area contributed by atoms with Gasteiger partial charge in [0, 0.05) is 24.5 Å². The molecule has 4 heteroatoms. The molecule has 7 N–H and O–H groups in total. The average Bonchev–Trinajstić information content (AvgIpc) is 3.47. The zero-order valence-electron chi connectivity index (χ0n) is 43.3. The number of nitrogen functional groups attached to an aromatic ring is 1. The van der Waals surface area contributed by atoms with E-state index in [4.69, 9.17) is 17.2 Å². The monoisotopic (exact) mass is 975 g/mol. The summed E-state index contributed by atoms with van der Waals surface area (Å²) in [4.78, 5) is 0. The Balaban J connectivity index is 0.000000185. The molecular weight excluding hydrogens is 909 g/mol. The lowest BCUT2D eigenvalue weighted by atomic mass is 9.93. The molecule has 0 heterocycles. The van der Waals surface area contributed by atoms with Crippen molar-refractivity contribution in [1.82, 2.24) is 0 Å². The van der Waals surface area contributed by atoms with E-state index in [1.807, 2.05) is 44.2 Å². The van der Waals surface area contributed by atoms with E-state index in [2.05, 4.69) is 243 Å². The third-order valence-corrected chi connectivity index (χ3v) is 13.8. The first-order chi connectivity index (χ1) is 36.8. The van der Waals surface area contributed by atoms with Crippen molar-refractivity contribution in [2.24, 2.45) is 11.5 Å². The molecule has 0 radical (unpaired) electrons. The highest BCUT2D eigenvalue weighted by Gasteiger charge is 2.15. The summed E-state index contributed by atoms with van der Waals surface area (Å²) in [6.07, 6.45) is 11.3. The molecule has 0 saturated heterocycles. The molecule has 0 amide bonds. The van der Waals surface area contributed by atoms with Gasteiger partial charge in [0.05, 0.1) is 6.04 Å². The van der Waals surface area contributed by atoms with E-state index in [-0.39, 0.29) is 6.04 Å². The molecule has 0 aliphatic carbocycles. The van der Waals surface area contributed by atoms with E-state index in [1.165, 1.54) is 76.5 Å². The van der Waals surface area contributed by atoms with Crippen LogP contribution in [-0.2, 0) is 19.5 Å². The molecule has 0 fully saturated rings. The molecule has 11 aromatic carbocycles. The Bertz CT molecular complexity index is 3820. The highest BCUT2D eigenvalue weighted by atomic mass is 14.9. The molecule has 0 aromatic heterocycles. The summed E-state index contributed by atoms with van der Waals surface area (Å²) in [5.74, 6) is 0. The minimum Gasteiger partial charge on any atom is -0.398 e. The molecule has 0 bridgehead atoms. The van der Waals surface area contributed by atoms with Crippen LogP contribution in [0.15, 0.2) is 255 Å².